The van der Waals surface area contributed by atoms with Gasteiger partial charge in [-0.2, -0.15) is 4.31 Å². The monoisotopic (exact) mass is 659 g/mol. The molecule has 5 heterocycles. The van der Waals surface area contributed by atoms with Crippen LogP contribution in [-0.2, 0) is 33.8 Å². The molecule has 4 aromatic rings. The molecule has 1 aliphatic rings. The molecule has 0 aromatic carbocycles. The molecule has 0 aliphatic carbocycles. The molecular formula is C21H21N6O15P2+. The molecular weight excluding hydrogens is 638 g/mol. The van der Waals surface area contributed by atoms with Gasteiger partial charge in [0.25, 0.3) is 5.75 Å². The first-order chi connectivity index (χ1) is 20.7. The number of phosphoric acid groups is 2. The normalized spacial score (nSPS) is 19.5. The highest BCUT2D eigenvalue weighted by Gasteiger charge is 2.41. The molecule has 0 amide bonds. The lowest BCUT2D eigenvalue weighted by Gasteiger charge is -2.18. The Balaban J connectivity index is 1.21. The summed E-state index contributed by atoms with van der Waals surface area (Å²) in [5.74, 6) is -5.61. The van der Waals surface area contributed by atoms with Crippen molar-refractivity contribution in [2.45, 2.75) is 18.9 Å². The van der Waals surface area contributed by atoms with E-state index >= 15 is 0 Å². The number of nitrogens with two attached hydrogens (primary N) is 1. The van der Waals surface area contributed by atoms with E-state index in [-0.39, 0.29) is 22.5 Å². The fourth-order valence-corrected chi connectivity index (χ4v) is 5.83. The van der Waals surface area contributed by atoms with Crippen molar-refractivity contribution in [2.75, 3.05) is 12.3 Å². The first-order valence-corrected chi connectivity index (χ1v) is 14.8. The molecule has 0 saturated heterocycles. The van der Waals surface area contributed by atoms with Crippen molar-refractivity contribution < 1.29 is 76.3 Å². The molecule has 0 saturated carbocycles. The van der Waals surface area contributed by atoms with Crippen LogP contribution in [0.1, 0.15) is 22.3 Å². The van der Waals surface area contributed by atoms with Crippen molar-refractivity contribution in [1.82, 2.24) is 19.5 Å². The summed E-state index contributed by atoms with van der Waals surface area (Å²) in [7, 11) is -10.9. The molecule has 23 heteroatoms. The maximum absolute atomic E-state index is 12.4. The first kappa shape index (κ1) is 30.9. The first-order valence-electron chi connectivity index (χ1n) is 11.8. The Morgan fingerprint density at radius 1 is 1.09 bits per heavy atom. The van der Waals surface area contributed by atoms with E-state index in [2.05, 4.69) is 28.3 Å². The number of aromatic nitrogens is 5. The van der Waals surface area contributed by atoms with Gasteiger partial charge in [0.1, 0.15) is 36.9 Å². The number of fused-ring (bicyclic) bond motifs is 1. The summed E-state index contributed by atoms with van der Waals surface area (Å²) in [6.07, 6.45) is 1.52. The second-order valence-electron chi connectivity index (χ2n) is 8.74. The summed E-state index contributed by atoms with van der Waals surface area (Å²) < 4.78 is 50.9. The van der Waals surface area contributed by atoms with Gasteiger partial charge in [-0.1, -0.05) is 0 Å². The number of anilines is 1. The van der Waals surface area contributed by atoms with Crippen molar-refractivity contribution in [3.8, 4) is 17.4 Å². The molecule has 5 rings (SSSR count). The van der Waals surface area contributed by atoms with Crippen molar-refractivity contribution >= 4 is 38.6 Å². The fraction of sp³-hybridized carbons (Fsp3) is 0.190. The van der Waals surface area contributed by atoms with Crippen LogP contribution in [-0.4, -0.2) is 73.5 Å². The minimum Gasteiger partial charge on any atom is -0.506 e. The van der Waals surface area contributed by atoms with Gasteiger partial charge in [0.05, 0.1) is 0 Å². The van der Waals surface area contributed by atoms with Crippen LogP contribution in [0.15, 0.2) is 53.1 Å². The van der Waals surface area contributed by atoms with Crippen molar-refractivity contribution in [3.63, 3.8) is 0 Å². The maximum atomic E-state index is 12.4. The number of hydrogen-bond donors (Lipinski definition) is 8. The second-order valence-corrected chi connectivity index (χ2v) is 11.8. The number of aliphatic hydroxyl groups excluding tert-OH is 2. The Labute approximate surface area is 243 Å². The van der Waals surface area contributed by atoms with Crippen molar-refractivity contribution in [3.05, 3.63) is 60.0 Å². The van der Waals surface area contributed by atoms with E-state index in [9.17, 15) is 44.1 Å². The third-order valence-electron chi connectivity index (χ3n) is 5.88. The van der Waals surface area contributed by atoms with Crippen LogP contribution in [0.2, 0.25) is 0 Å². The van der Waals surface area contributed by atoms with E-state index in [0.29, 0.717) is 0 Å². The number of furan rings is 1. The number of carboxylic acid groups (broad SMARTS) is 1. The third kappa shape index (κ3) is 6.07. The van der Waals surface area contributed by atoms with Crippen LogP contribution < -0.4 is 10.3 Å². The zero-order chi connectivity index (χ0) is 32.0. The Morgan fingerprint density at radius 2 is 1.80 bits per heavy atom. The predicted octanol–water partition coefficient (Wildman–Crippen LogP) is 0.498. The Morgan fingerprint density at radius 3 is 2.50 bits per heavy atom. The minimum atomic E-state index is -5.45. The molecule has 44 heavy (non-hydrogen) atoms. The summed E-state index contributed by atoms with van der Waals surface area (Å²) in [4.78, 5) is 42.9. The Hall–Kier alpha value is -4.59. The zero-order valence-corrected chi connectivity index (χ0v) is 23.4. The second kappa shape index (κ2) is 11.5. The molecule has 9 N–H and O–H groups in total. The van der Waals surface area contributed by atoms with Gasteiger partial charge in [-0.25, -0.2) is 28.9 Å². The minimum absolute atomic E-state index is 0.0277. The molecule has 4 aromatic heterocycles. The van der Waals surface area contributed by atoms with Gasteiger partial charge >= 0.3 is 27.5 Å². The number of aromatic carboxylic acids is 1. The smallest absolute Gasteiger partial charge is 0.481 e. The molecule has 0 radical (unpaired) electrons. The summed E-state index contributed by atoms with van der Waals surface area (Å²) in [6.45, 7) is -2.14. The molecule has 0 bridgehead atoms. The van der Waals surface area contributed by atoms with Crippen LogP contribution in [0.25, 0.3) is 17.0 Å². The number of aromatic hydroxyl groups is 2. The number of nitrogens with zero attached hydrogens (tertiary/aromatic N) is 5. The van der Waals surface area contributed by atoms with Gasteiger partial charge in [0.15, 0.2) is 47.2 Å². The van der Waals surface area contributed by atoms with E-state index < -0.39 is 81.8 Å². The number of pyridine rings is 1. The number of carboxylic acids is 1. The highest BCUT2D eigenvalue weighted by atomic mass is 31.3. The Bertz CT molecular complexity index is 1890. The van der Waals surface area contributed by atoms with Gasteiger partial charge in [0, 0.05) is 6.07 Å². The molecule has 0 fully saturated rings. The standard InChI is InChI=1S/C21H20N6O15P2/c22-17-12-18(24-7-23-17)27(8-25-12)20-16(31)14(29)11(41-20)6-39-44(36,37)42-43(34,35)38-5-10-13(28)15(30)19(40-10)26-3-1-2-9(4-26)21(32)33/h1-4,7-8,16,20,31H,5-6H2,(H7-,22,23,24,28,29,30,32,33,34,35,36,37)/p+1/t16-,20-/m1/s1. The van der Waals surface area contributed by atoms with Gasteiger partial charge in [-0.3, -0.25) is 13.6 Å². The molecule has 1 aliphatic heterocycles. The average molecular weight is 659 g/mol. The largest absolute Gasteiger partial charge is 0.506 e. The van der Waals surface area contributed by atoms with E-state index in [1.807, 2.05) is 0 Å². The van der Waals surface area contributed by atoms with Crippen molar-refractivity contribution in [1.29, 1.82) is 0 Å². The van der Waals surface area contributed by atoms with E-state index in [1.54, 1.807) is 0 Å². The van der Waals surface area contributed by atoms with Crippen LogP contribution in [0, 0.1) is 0 Å². The van der Waals surface area contributed by atoms with E-state index in [1.165, 1.54) is 29.2 Å². The number of hydrogen-bond acceptors (Lipinski definition) is 16. The Kier molecular flexibility index (Phi) is 8.05. The summed E-state index contributed by atoms with van der Waals surface area (Å²) in [5.41, 5.74) is 5.81. The molecule has 4 atom stereocenters. The van der Waals surface area contributed by atoms with Gasteiger partial charge in [-0.05, 0) is 6.07 Å². The zero-order valence-electron chi connectivity index (χ0n) is 21.6. The fourth-order valence-electron chi connectivity index (χ4n) is 3.85. The molecule has 21 nitrogen and oxygen atoms in total. The van der Waals surface area contributed by atoms with Gasteiger partial charge < -0.3 is 50.2 Å². The van der Waals surface area contributed by atoms with Crippen molar-refractivity contribution in [2.24, 2.45) is 0 Å². The van der Waals surface area contributed by atoms with Crippen LogP contribution in [0.3, 0.4) is 0 Å². The number of ether oxygens (including phenoxy) is 1. The molecule has 2 unspecified atom stereocenters. The highest BCUT2D eigenvalue weighted by Crippen LogP contribution is 2.61. The summed E-state index contributed by atoms with van der Waals surface area (Å²) >= 11 is 0. The lowest BCUT2D eigenvalue weighted by Crippen LogP contribution is -2.30. The summed E-state index contributed by atoms with van der Waals surface area (Å²) in [5, 5.41) is 50.1. The maximum Gasteiger partial charge on any atom is 0.481 e. The summed E-state index contributed by atoms with van der Waals surface area (Å²) in [6, 6.07) is 2.54. The van der Waals surface area contributed by atoms with E-state index in [4.69, 9.17) is 20.0 Å². The number of imidazole rings is 1. The average Bonchev–Trinajstić information content (AvgIpc) is 3.61. The van der Waals surface area contributed by atoms with Gasteiger partial charge in [-0.15, -0.1) is 4.57 Å². The topological polar surface area (TPSA) is 316 Å². The number of carbonyl (C=O) groups is 1. The van der Waals surface area contributed by atoms with Crippen LogP contribution in [0.5, 0.6) is 11.5 Å². The lowest BCUT2D eigenvalue weighted by molar-refractivity contribution is -0.610. The number of nitrogen functional groups attached to an aromatic ring is 1. The lowest BCUT2D eigenvalue weighted by atomic mass is 10.2. The number of aliphatic hydroxyl groups is 2. The quantitative estimate of drug-likeness (QED) is 0.0802. The molecule has 0 spiro atoms. The van der Waals surface area contributed by atoms with Crippen LogP contribution >= 0.6 is 15.6 Å². The predicted molar refractivity (Wildman–Crippen MR) is 138 cm³/mol. The van der Waals surface area contributed by atoms with Gasteiger partial charge in [0.2, 0.25) is 12.0 Å². The number of phosphoric ester groups is 2. The third-order valence-corrected chi connectivity index (χ3v) is 8.44. The highest BCUT2D eigenvalue weighted by molar-refractivity contribution is 7.61. The van der Waals surface area contributed by atoms with Crippen LogP contribution in [0.4, 0.5) is 5.82 Å². The number of rotatable bonds is 11. The SMILES string of the molecule is Nc1ncnc2c1ncn2[C@@H]1OC(COP(=O)(O)OP(=O)(O)OCc2oc(-[n+]3cccc(C(=O)O)c3)c(O)c2O)=C(O)[C@H]1O. The molecule has 234 valence electrons. The van der Waals surface area contributed by atoms with E-state index in [0.717, 1.165) is 17.1 Å².